The maximum Gasteiger partial charge on any atom is 0.317 e. The van der Waals surface area contributed by atoms with E-state index >= 15 is 0 Å². The van der Waals surface area contributed by atoms with E-state index in [9.17, 15) is 9.59 Å². The standard InChI is InChI=1S/C21H24N4O2/c1-15-6-5-9-17-18(15)23-21(24-19(17)26)10-12-25(13-11-21)20(27)22-14-16-7-3-2-4-8-16/h2-9,23H,10-14H2,1H3,(H,22,27)(H,24,26). The van der Waals surface area contributed by atoms with Gasteiger partial charge in [-0.05, 0) is 24.1 Å². The second-order valence-electron chi connectivity index (χ2n) is 7.29. The zero-order valence-corrected chi connectivity index (χ0v) is 15.4. The van der Waals surface area contributed by atoms with E-state index in [0.29, 0.717) is 38.0 Å². The van der Waals surface area contributed by atoms with Crippen LogP contribution < -0.4 is 16.0 Å². The molecule has 3 amide bonds. The minimum absolute atomic E-state index is 0.0468. The summed E-state index contributed by atoms with van der Waals surface area (Å²) in [6.07, 6.45) is 1.34. The number of carbonyl (C=O) groups excluding carboxylic acids is 2. The number of amides is 3. The Bertz CT molecular complexity index is 858. The monoisotopic (exact) mass is 364 g/mol. The van der Waals surface area contributed by atoms with Crippen molar-refractivity contribution < 1.29 is 9.59 Å². The first kappa shape index (κ1) is 17.4. The predicted octanol–water partition coefficient (Wildman–Crippen LogP) is 2.85. The van der Waals surface area contributed by atoms with Crippen molar-refractivity contribution in [1.29, 1.82) is 0 Å². The Morgan fingerprint density at radius 3 is 2.56 bits per heavy atom. The molecule has 0 atom stereocenters. The third-order valence-electron chi connectivity index (χ3n) is 5.43. The number of rotatable bonds is 2. The second-order valence-corrected chi connectivity index (χ2v) is 7.29. The third-order valence-corrected chi connectivity index (χ3v) is 5.43. The molecule has 1 fully saturated rings. The van der Waals surface area contributed by atoms with Crippen molar-refractivity contribution in [2.75, 3.05) is 18.4 Å². The third kappa shape index (κ3) is 3.47. The highest BCUT2D eigenvalue weighted by molar-refractivity contribution is 6.02. The number of aryl methyl sites for hydroxylation is 1. The summed E-state index contributed by atoms with van der Waals surface area (Å²) in [5, 5.41) is 9.63. The highest BCUT2D eigenvalue weighted by atomic mass is 16.2. The Balaban J connectivity index is 1.38. The molecule has 2 aliphatic rings. The largest absolute Gasteiger partial charge is 0.362 e. The van der Waals surface area contributed by atoms with Crippen molar-refractivity contribution in [3.05, 3.63) is 65.2 Å². The van der Waals surface area contributed by atoms with Gasteiger partial charge in [0.15, 0.2) is 0 Å². The van der Waals surface area contributed by atoms with Crippen LogP contribution in [0.1, 0.15) is 34.3 Å². The summed E-state index contributed by atoms with van der Waals surface area (Å²) in [6, 6.07) is 15.5. The number of anilines is 1. The van der Waals surface area contributed by atoms with Crippen LogP contribution in [0.15, 0.2) is 48.5 Å². The van der Waals surface area contributed by atoms with Crippen LogP contribution in [-0.4, -0.2) is 35.6 Å². The molecule has 0 aliphatic carbocycles. The summed E-state index contributed by atoms with van der Waals surface area (Å²) in [5.41, 5.74) is 3.25. The van der Waals surface area contributed by atoms with Crippen molar-refractivity contribution >= 4 is 17.6 Å². The summed E-state index contributed by atoms with van der Waals surface area (Å²) in [5.74, 6) is -0.0468. The summed E-state index contributed by atoms with van der Waals surface area (Å²) >= 11 is 0. The van der Waals surface area contributed by atoms with E-state index < -0.39 is 5.66 Å². The molecule has 0 saturated carbocycles. The predicted molar refractivity (Wildman–Crippen MR) is 104 cm³/mol. The first-order valence-corrected chi connectivity index (χ1v) is 9.33. The summed E-state index contributed by atoms with van der Waals surface area (Å²) in [6.45, 7) is 3.71. The van der Waals surface area contributed by atoms with Crippen LogP contribution >= 0.6 is 0 Å². The molecule has 3 N–H and O–H groups in total. The van der Waals surface area contributed by atoms with Crippen LogP contribution in [-0.2, 0) is 6.54 Å². The molecular weight excluding hydrogens is 340 g/mol. The van der Waals surface area contributed by atoms with Gasteiger partial charge in [0.05, 0.1) is 11.3 Å². The minimum atomic E-state index is -0.480. The van der Waals surface area contributed by atoms with Crippen LogP contribution in [0, 0.1) is 6.92 Å². The lowest BCUT2D eigenvalue weighted by atomic mass is 9.91. The van der Waals surface area contributed by atoms with Gasteiger partial charge in [0.2, 0.25) is 0 Å². The molecule has 6 heteroatoms. The number of hydrogen-bond donors (Lipinski definition) is 3. The first-order valence-electron chi connectivity index (χ1n) is 9.33. The van der Waals surface area contributed by atoms with E-state index in [2.05, 4.69) is 16.0 Å². The zero-order valence-electron chi connectivity index (χ0n) is 15.4. The number of para-hydroxylation sites is 1. The smallest absolute Gasteiger partial charge is 0.317 e. The quantitative estimate of drug-likeness (QED) is 0.767. The number of piperidine rings is 1. The lowest BCUT2D eigenvalue weighted by Crippen LogP contribution is -2.63. The fourth-order valence-corrected chi connectivity index (χ4v) is 3.80. The van der Waals surface area contributed by atoms with E-state index in [4.69, 9.17) is 0 Å². The van der Waals surface area contributed by atoms with Gasteiger partial charge in [0.25, 0.3) is 5.91 Å². The number of fused-ring (bicyclic) bond motifs is 1. The molecule has 6 nitrogen and oxygen atoms in total. The number of benzene rings is 2. The number of urea groups is 1. The van der Waals surface area contributed by atoms with E-state index in [1.54, 1.807) is 0 Å². The average Bonchev–Trinajstić information content (AvgIpc) is 2.68. The minimum Gasteiger partial charge on any atom is -0.362 e. The fraction of sp³-hybridized carbons (Fsp3) is 0.333. The molecule has 27 heavy (non-hydrogen) atoms. The van der Waals surface area contributed by atoms with Crippen molar-refractivity contribution in [2.24, 2.45) is 0 Å². The van der Waals surface area contributed by atoms with Gasteiger partial charge in [-0.25, -0.2) is 4.79 Å². The Morgan fingerprint density at radius 1 is 1.07 bits per heavy atom. The molecule has 0 aromatic heterocycles. The Labute approximate surface area is 158 Å². The Hall–Kier alpha value is -3.02. The number of carbonyl (C=O) groups is 2. The van der Waals surface area contributed by atoms with Crippen LogP contribution in [0.4, 0.5) is 10.5 Å². The maximum atomic E-state index is 12.5. The molecule has 2 heterocycles. The molecule has 1 saturated heterocycles. The molecular formula is C21H24N4O2. The maximum absolute atomic E-state index is 12.5. The van der Waals surface area contributed by atoms with Crippen molar-refractivity contribution in [3.8, 4) is 0 Å². The highest BCUT2D eigenvalue weighted by Gasteiger charge is 2.41. The van der Waals surface area contributed by atoms with E-state index in [0.717, 1.165) is 16.8 Å². The molecule has 0 unspecified atom stereocenters. The highest BCUT2D eigenvalue weighted by Crippen LogP contribution is 2.33. The SMILES string of the molecule is Cc1cccc2c1NC1(CCN(C(=O)NCc3ccccc3)CC1)NC2=O. The Morgan fingerprint density at radius 2 is 1.81 bits per heavy atom. The molecule has 2 aliphatic heterocycles. The lowest BCUT2D eigenvalue weighted by molar-refractivity contribution is 0.0847. The van der Waals surface area contributed by atoms with Gasteiger partial charge in [-0.3, -0.25) is 4.79 Å². The molecule has 0 radical (unpaired) electrons. The molecule has 2 aromatic rings. The van der Waals surface area contributed by atoms with Crippen LogP contribution in [0.5, 0.6) is 0 Å². The fourth-order valence-electron chi connectivity index (χ4n) is 3.80. The molecule has 0 bridgehead atoms. The van der Waals surface area contributed by atoms with Crippen LogP contribution in [0.25, 0.3) is 0 Å². The van der Waals surface area contributed by atoms with Gasteiger partial charge >= 0.3 is 6.03 Å². The zero-order chi connectivity index (χ0) is 18.9. The van der Waals surface area contributed by atoms with E-state index in [1.807, 2.05) is 60.4 Å². The second kappa shape index (κ2) is 6.95. The van der Waals surface area contributed by atoms with Crippen molar-refractivity contribution in [3.63, 3.8) is 0 Å². The van der Waals surface area contributed by atoms with Gasteiger partial charge in [-0.1, -0.05) is 42.5 Å². The summed E-state index contributed by atoms with van der Waals surface area (Å²) in [4.78, 5) is 26.8. The first-order chi connectivity index (χ1) is 13.1. The Kier molecular flexibility index (Phi) is 4.48. The number of nitrogens with zero attached hydrogens (tertiary/aromatic N) is 1. The van der Waals surface area contributed by atoms with Gasteiger partial charge in [-0.2, -0.15) is 0 Å². The number of hydrogen-bond acceptors (Lipinski definition) is 3. The van der Waals surface area contributed by atoms with E-state index in [-0.39, 0.29) is 11.9 Å². The van der Waals surface area contributed by atoms with Gasteiger partial charge in [-0.15, -0.1) is 0 Å². The summed E-state index contributed by atoms with van der Waals surface area (Å²) < 4.78 is 0. The van der Waals surface area contributed by atoms with Crippen LogP contribution in [0.2, 0.25) is 0 Å². The normalized spacial score (nSPS) is 17.7. The van der Waals surface area contributed by atoms with E-state index in [1.165, 1.54) is 0 Å². The van der Waals surface area contributed by atoms with Gasteiger partial charge in [0, 0.05) is 32.5 Å². The van der Waals surface area contributed by atoms with Crippen LogP contribution in [0.3, 0.4) is 0 Å². The van der Waals surface area contributed by atoms with Crippen molar-refractivity contribution in [1.82, 2.24) is 15.5 Å². The summed E-state index contributed by atoms with van der Waals surface area (Å²) in [7, 11) is 0. The topological polar surface area (TPSA) is 73.5 Å². The number of likely N-dealkylation sites (tertiary alicyclic amines) is 1. The molecule has 140 valence electrons. The van der Waals surface area contributed by atoms with Crippen molar-refractivity contribution in [2.45, 2.75) is 32.0 Å². The molecule has 2 aromatic carbocycles. The van der Waals surface area contributed by atoms with Gasteiger partial charge in [0.1, 0.15) is 5.66 Å². The average molecular weight is 364 g/mol. The number of nitrogens with one attached hydrogen (secondary N) is 3. The molecule has 1 spiro atoms. The lowest BCUT2D eigenvalue weighted by Gasteiger charge is -2.46. The van der Waals surface area contributed by atoms with Gasteiger partial charge < -0.3 is 20.9 Å². The molecule has 4 rings (SSSR count).